The van der Waals surface area contributed by atoms with Crippen LogP contribution in [0.1, 0.15) is 34.3 Å². The molecular formula is C21H25NO5. The fourth-order valence-electron chi connectivity index (χ4n) is 4.62. The van der Waals surface area contributed by atoms with Crippen molar-refractivity contribution in [3.05, 3.63) is 51.7 Å². The van der Waals surface area contributed by atoms with Gasteiger partial charge in [-0.2, -0.15) is 0 Å². The van der Waals surface area contributed by atoms with Crippen LogP contribution in [0.3, 0.4) is 0 Å². The number of ether oxygens (including phenoxy) is 4. The van der Waals surface area contributed by atoms with Crippen LogP contribution >= 0.6 is 0 Å². The fourth-order valence-corrected chi connectivity index (χ4v) is 4.62. The molecule has 0 saturated heterocycles. The van der Waals surface area contributed by atoms with Gasteiger partial charge in [-0.05, 0) is 35.4 Å². The lowest BCUT2D eigenvalue weighted by Gasteiger charge is -2.57. The molecule has 2 aromatic rings. The molecule has 2 unspecified atom stereocenters. The molecule has 0 N–H and O–H groups in total. The van der Waals surface area contributed by atoms with Gasteiger partial charge in [0.05, 0.1) is 35.5 Å². The lowest BCUT2D eigenvalue weighted by atomic mass is 9.76. The zero-order valence-electron chi connectivity index (χ0n) is 16.4. The summed E-state index contributed by atoms with van der Waals surface area (Å²) in [6, 6.07) is 7.58. The highest BCUT2D eigenvalue weighted by molar-refractivity contribution is 5.54. The standard InChI is InChI=1S/C21H25NO5/c1-22(23)16-6-12-8-18(24-2)20(26-4)10-14(12)17(22)7-13-9-19(25-3)21(27-5)11-15(13)16/h8-11,16-17H,6-7H2,1-5H3. The van der Waals surface area contributed by atoms with E-state index in [0.29, 0.717) is 35.8 Å². The van der Waals surface area contributed by atoms with E-state index in [1.165, 1.54) is 0 Å². The van der Waals surface area contributed by atoms with E-state index in [2.05, 4.69) is 0 Å². The quantitative estimate of drug-likeness (QED) is 0.607. The monoisotopic (exact) mass is 371 g/mol. The van der Waals surface area contributed by atoms with Crippen LogP contribution in [0.4, 0.5) is 0 Å². The molecule has 6 nitrogen and oxygen atoms in total. The Morgan fingerprint density at radius 1 is 0.704 bits per heavy atom. The van der Waals surface area contributed by atoms with Gasteiger partial charge in [0, 0.05) is 24.0 Å². The molecule has 2 aliphatic rings. The lowest BCUT2D eigenvalue weighted by molar-refractivity contribution is -0.927. The van der Waals surface area contributed by atoms with Gasteiger partial charge in [0.1, 0.15) is 12.1 Å². The predicted octanol–water partition coefficient (Wildman–Crippen LogP) is 3.56. The van der Waals surface area contributed by atoms with E-state index in [-0.39, 0.29) is 16.7 Å². The third-order valence-corrected chi connectivity index (χ3v) is 6.07. The summed E-state index contributed by atoms with van der Waals surface area (Å²) < 4.78 is 21.6. The van der Waals surface area contributed by atoms with Crippen LogP contribution in [-0.2, 0) is 12.8 Å². The molecule has 0 fully saturated rings. The Balaban J connectivity index is 1.89. The van der Waals surface area contributed by atoms with Crippen molar-refractivity contribution in [2.75, 3.05) is 35.5 Å². The Morgan fingerprint density at radius 2 is 1.04 bits per heavy atom. The second kappa shape index (κ2) is 6.32. The Morgan fingerprint density at radius 3 is 1.37 bits per heavy atom. The smallest absolute Gasteiger partial charge is 0.161 e. The number of hydroxylamine groups is 3. The minimum Gasteiger partial charge on any atom is -0.632 e. The summed E-state index contributed by atoms with van der Waals surface area (Å²) in [5.41, 5.74) is 4.38. The van der Waals surface area contributed by atoms with E-state index in [1.807, 2.05) is 24.3 Å². The van der Waals surface area contributed by atoms with Crippen LogP contribution in [0, 0.1) is 5.21 Å². The Labute approximate surface area is 159 Å². The normalized spacial score (nSPS) is 25.3. The summed E-state index contributed by atoms with van der Waals surface area (Å²) in [4.78, 5) is 0. The van der Waals surface area contributed by atoms with Crippen LogP contribution in [0.5, 0.6) is 23.0 Å². The van der Waals surface area contributed by atoms with E-state index in [9.17, 15) is 5.21 Å². The third-order valence-electron chi connectivity index (χ3n) is 6.07. The first kappa shape index (κ1) is 17.9. The molecule has 0 aliphatic carbocycles. The SMILES string of the molecule is COc1cc2c(cc1OC)C1Cc3cc(OC)c(OC)cc3C(C2)[N+]1(C)[O-]. The van der Waals surface area contributed by atoms with Crippen molar-refractivity contribution < 1.29 is 23.6 Å². The first-order valence-corrected chi connectivity index (χ1v) is 9.01. The molecule has 0 radical (unpaired) electrons. The number of methoxy groups -OCH3 is 4. The minimum atomic E-state index is -0.328. The Kier molecular flexibility index (Phi) is 4.20. The van der Waals surface area contributed by atoms with Gasteiger partial charge in [0.15, 0.2) is 23.0 Å². The van der Waals surface area contributed by atoms with Crippen molar-refractivity contribution in [3.63, 3.8) is 0 Å². The van der Waals surface area contributed by atoms with E-state index in [1.54, 1.807) is 35.5 Å². The van der Waals surface area contributed by atoms with E-state index in [4.69, 9.17) is 18.9 Å². The maximum atomic E-state index is 13.7. The molecule has 0 saturated carbocycles. The van der Waals surface area contributed by atoms with E-state index in [0.717, 1.165) is 22.3 Å². The average Bonchev–Trinajstić information content (AvgIpc) is 2.66. The summed E-state index contributed by atoms with van der Waals surface area (Å²) in [7, 11) is 8.28. The number of fused-ring (bicyclic) bond motifs is 6. The summed E-state index contributed by atoms with van der Waals surface area (Å²) in [5.74, 6) is 2.72. The lowest BCUT2D eigenvalue weighted by Crippen LogP contribution is -2.52. The number of benzene rings is 2. The van der Waals surface area contributed by atoms with Crippen molar-refractivity contribution in [2.45, 2.75) is 24.9 Å². The number of hydrogen-bond acceptors (Lipinski definition) is 5. The summed E-state index contributed by atoms with van der Waals surface area (Å²) in [5, 5.41) is 13.7. The highest BCUT2D eigenvalue weighted by atomic mass is 16.5. The molecule has 2 bridgehead atoms. The van der Waals surface area contributed by atoms with E-state index < -0.39 is 0 Å². The van der Waals surface area contributed by atoms with Gasteiger partial charge < -0.3 is 28.8 Å². The second-order valence-electron chi connectivity index (χ2n) is 7.31. The van der Waals surface area contributed by atoms with Gasteiger partial charge in [-0.25, -0.2) is 0 Å². The fraction of sp³-hybridized carbons (Fsp3) is 0.429. The highest BCUT2D eigenvalue weighted by Crippen LogP contribution is 2.54. The van der Waals surface area contributed by atoms with Gasteiger partial charge in [-0.1, -0.05) is 0 Å². The number of likely N-dealkylation sites (N-methyl/N-ethyl adjacent to an activating group) is 1. The van der Waals surface area contributed by atoms with Crippen LogP contribution in [0.25, 0.3) is 0 Å². The van der Waals surface area contributed by atoms with Crippen LogP contribution in [0.15, 0.2) is 24.3 Å². The number of nitrogens with zero attached hydrogens (tertiary/aromatic N) is 1. The number of hydrogen-bond donors (Lipinski definition) is 0. The topological polar surface area (TPSA) is 60.0 Å². The molecule has 0 aromatic heterocycles. The van der Waals surface area contributed by atoms with Gasteiger partial charge in [0.2, 0.25) is 0 Å². The average molecular weight is 371 g/mol. The van der Waals surface area contributed by atoms with Crippen LogP contribution in [0.2, 0.25) is 0 Å². The Hall–Kier alpha value is -2.44. The molecule has 2 aromatic carbocycles. The van der Waals surface area contributed by atoms with Crippen molar-refractivity contribution in [3.8, 4) is 23.0 Å². The second-order valence-corrected chi connectivity index (χ2v) is 7.31. The maximum Gasteiger partial charge on any atom is 0.161 e. The summed E-state index contributed by atoms with van der Waals surface area (Å²) in [6.45, 7) is 0. The van der Waals surface area contributed by atoms with Crippen molar-refractivity contribution in [1.82, 2.24) is 0 Å². The molecule has 0 amide bonds. The molecule has 2 aliphatic heterocycles. The first-order chi connectivity index (χ1) is 12.9. The first-order valence-electron chi connectivity index (χ1n) is 9.01. The van der Waals surface area contributed by atoms with Gasteiger partial charge in [-0.15, -0.1) is 0 Å². The molecule has 27 heavy (non-hydrogen) atoms. The third kappa shape index (κ3) is 2.55. The molecule has 2 atom stereocenters. The van der Waals surface area contributed by atoms with Crippen molar-refractivity contribution in [1.29, 1.82) is 0 Å². The van der Waals surface area contributed by atoms with Crippen LogP contribution in [-0.4, -0.2) is 40.1 Å². The highest BCUT2D eigenvalue weighted by Gasteiger charge is 2.47. The Bertz CT molecular complexity index is 821. The predicted molar refractivity (Wildman–Crippen MR) is 102 cm³/mol. The van der Waals surface area contributed by atoms with Crippen molar-refractivity contribution in [2.24, 2.45) is 0 Å². The van der Waals surface area contributed by atoms with E-state index >= 15 is 0 Å². The molecular weight excluding hydrogens is 346 g/mol. The molecule has 144 valence electrons. The van der Waals surface area contributed by atoms with Crippen LogP contribution < -0.4 is 18.9 Å². The van der Waals surface area contributed by atoms with Gasteiger partial charge in [-0.3, -0.25) is 0 Å². The molecule has 2 heterocycles. The molecule has 4 rings (SSSR count). The maximum absolute atomic E-state index is 13.7. The number of rotatable bonds is 4. The van der Waals surface area contributed by atoms with Gasteiger partial charge in [0.25, 0.3) is 0 Å². The molecule has 6 heteroatoms. The molecule has 0 spiro atoms. The van der Waals surface area contributed by atoms with Gasteiger partial charge >= 0.3 is 0 Å². The number of quaternary nitrogens is 1. The largest absolute Gasteiger partial charge is 0.632 e. The van der Waals surface area contributed by atoms with Crippen molar-refractivity contribution >= 4 is 0 Å². The summed E-state index contributed by atoms with van der Waals surface area (Å²) in [6.07, 6.45) is 1.29. The zero-order chi connectivity index (χ0) is 19.3. The minimum absolute atomic E-state index is 0.191. The zero-order valence-corrected chi connectivity index (χ0v) is 16.4. The summed E-state index contributed by atoms with van der Waals surface area (Å²) >= 11 is 0.